The summed E-state index contributed by atoms with van der Waals surface area (Å²) in [6.45, 7) is 0.0221. The Balaban J connectivity index is 1.85. The second-order valence-corrected chi connectivity index (χ2v) is 7.41. The summed E-state index contributed by atoms with van der Waals surface area (Å²) in [6, 6.07) is 0.112. The number of hydrogen-bond donors (Lipinski definition) is 2. The zero-order valence-electron chi connectivity index (χ0n) is 15.4. The average Bonchev–Trinajstić information content (AvgIpc) is 2.57. The standard InChI is InChI=1S/C18H18F7N3O2/c19-13-2-1-9(7-12(13)18(23,24)25)15(10-5-11(6-10)17(20,21)22)27-16(30)28-4-3-26-14(29)8-28/h1-2,7,10-11,15H,3-6,8H2,(H,26,29)(H,27,30)/t10-,11-,15-/m1/s1. The lowest BCUT2D eigenvalue weighted by Gasteiger charge is -2.42. The summed E-state index contributed by atoms with van der Waals surface area (Å²) in [5, 5.41) is 4.94. The smallest absolute Gasteiger partial charge is 0.353 e. The van der Waals surface area contributed by atoms with Crippen molar-refractivity contribution in [2.24, 2.45) is 11.8 Å². The van der Waals surface area contributed by atoms with Crippen LogP contribution in [0.5, 0.6) is 0 Å². The molecule has 0 aromatic heterocycles. The van der Waals surface area contributed by atoms with Gasteiger partial charge in [-0.25, -0.2) is 9.18 Å². The third-order valence-corrected chi connectivity index (χ3v) is 5.37. The predicted octanol–water partition coefficient (Wildman–Crippen LogP) is 3.62. The maximum absolute atomic E-state index is 13.6. The van der Waals surface area contributed by atoms with Gasteiger partial charge in [0.25, 0.3) is 0 Å². The number of hydrogen-bond acceptors (Lipinski definition) is 2. The molecule has 1 saturated heterocycles. The van der Waals surface area contributed by atoms with Gasteiger partial charge in [0.1, 0.15) is 12.4 Å². The van der Waals surface area contributed by atoms with E-state index in [-0.39, 0.29) is 38.0 Å². The first-order chi connectivity index (χ1) is 13.9. The van der Waals surface area contributed by atoms with Gasteiger partial charge in [0, 0.05) is 13.1 Å². The van der Waals surface area contributed by atoms with Crippen LogP contribution in [-0.2, 0) is 11.0 Å². The van der Waals surface area contributed by atoms with Crippen LogP contribution in [0.3, 0.4) is 0 Å². The van der Waals surface area contributed by atoms with E-state index in [9.17, 15) is 40.3 Å². The summed E-state index contributed by atoms with van der Waals surface area (Å²) in [7, 11) is 0. The Morgan fingerprint density at radius 1 is 1.17 bits per heavy atom. The van der Waals surface area contributed by atoms with E-state index in [1.165, 1.54) is 0 Å². The summed E-state index contributed by atoms with van der Waals surface area (Å²) < 4.78 is 91.5. The number of alkyl halides is 6. The average molecular weight is 441 g/mol. The van der Waals surface area contributed by atoms with Crippen LogP contribution in [0.1, 0.15) is 30.0 Å². The molecule has 1 aliphatic heterocycles. The summed E-state index contributed by atoms with van der Waals surface area (Å²) >= 11 is 0. The number of carbonyl (C=O) groups is 2. The third-order valence-electron chi connectivity index (χ3n) is 5.37. The van der Waals surface area contributed by atoms with E-state index >= 15 is 0 Å². The van der Waals surface area contributed by atoms with Gasteiger partial charge in [0.05, 0.1) is 17.5 Å². The molecule has 1 aromatic carbocycles. The van der Waals surface area contributed by atoms with Gasteiger partial charge in [-0.2, -0.15) is 26.3 Å². The van der Waals surface area contributed by atoms with E-state index in [1.807, 2.05) is 0 Å². The van der Waals surface area contributed by atoms with Gasteiger partial charge >= 0.3 is 18.4 Å². The van der Waals surface area contributed by atoms with E-state index in [0.717, 1.165) is 11.0 Å². The molecule has 0 spiro atoms. The van der Waals surface area contributed by atoms with E-state index in [1.54, 1.807) is 0 Å². The first kappa shape index (κ1) is 22.2. The molecular formula is C18H18F7N3O2. The number of piperazine rings is 1. The maximum atomic E-state index is 13.6. The Hall–Kier alpha value is -2.53. The van der Waals surface area contributed by atoms with Gasteiger partial charge in [0.2, 0.25) is 5.91 Å². The van der Waals surface area contributed by atoms with Crippen LogP contribution in [0.2, 0.25) is 0 Å². The van der Waals surface area contributed by atoms with Gasteiger partial charge in [-0.3, -0.25) is 4.79 Å². The van der Waals surface area contributed by atoms with Crippen molar-refractivity contribution in [3.63, 3.8) is 0 Å². The van der Waals surface area contributed by atoms with Crippen molar-refractivity contribution in [3.05, 3.63) is 35.1 Å². The summed E-state index contributed by atoms with van der Waals surface area (Å²) in [5.74, 6) is -4.36. The minimum absolute atomic E-state index is 0.136. The number of carbonyl (C=O) groups excluding carboxylic acids is 2. The number of rotatable bonds is 3. The fourth-order valence-corrected chi connectivity index (χ4v) is 3.66. The number of urea groups is 1. The highest BCUT2D eigenvalue weighted by Crippen LogP contribution is 2.49. The topological polar surface area (TPSA) is 61.4 Å². The van der Waals surface area contributed by atoms with Crippen LogP contribution in [0, 0.1) is 17.7 Å². The molecule has 166 valence electrons. The number of amides is 3. The molecule has 2 aliphatic rings. The minimum Gasteiger partial charge on any atom is -0.353 e. The molecule has 2 fully saturated rings. The van der Waals surface area contributed by atoms with Crippen molar-refractivity contribution in [3.8, 4) is 0 Å². The first-order valence-corrected chi connectivity index (χ1v) is 9.11. The van der Waals surface area contributed by atoms with Crippen molar-refractivity contribution in [1.82, 2.24) is 15.5 Å². The van der Waals surface area contributed by atoms with Crippen molar-refractivity contribution in [1.29, 1.82) is 0 Å². The molecule has 5 nitrogen and oxygen atoms in total. The molecule has 0 unspecified atom stereocenters. The quantitative estimate of drug-likeness (QED) is 0.705. The van der Waals surface area contributed by atoms with Crippen molar-refractivity contribution < 1.29 is 40.3 Å². The third kappa shape index (κ3) is 4.78. The predicted molar refractivity (Wildman–Crippen MR) is 89.5 cm³/mol. The molecular weight excluding hydrogens is 423 g/mol. The van der Waals surface area contributed by atoms with Gasteiger partial charge in [-0.1, -0.05) is 6.07 Å². The molecule has 2 N–H and O–H groups in total. The lowest BCUT2D eigenvalue weighted by Crippen LogP contribution is -2.54. The van der Waals surface area contributed by atoms with Gasteiger partial charge in [0.15, 0.2) is 0 Å². The molecule has 1 heterocycles. The Labute approximate surface area is 166 Å². The molecule has 1 atom stereocenters. The van der Waals surface area contributed by atoms with Gasteiger partial charge in [-0.15, -0.1) is 0 Å². The Bertz CT molecular complexity index is 819. The molecule has 30 heavy (non-hydrogen) atoms. The molecule has 0 bridgehead atoms. The second kappa shape index (κ2) is 7.95. The fraction of sp³-hybridized carbons (Fsp3) is 0.556. The van der Waals surface area contributed by atoms with Crippen LogP contribution in [0.25, 0.3) is 0 Å². The van der Waals surface area contributed by atoms with Crippen LogP contribution < -0.4 is 10.6 Å². The zero-order valence-corrected chi connectivity index (χ0v) is 15.4. The number of benzene rings is 1. The second-order valence-electron chi connectivity index (χ2n) is 7.41. The van der Waals surface area contributed by atoms with Crippen LogP contribution in [0.15, 0.2) is 18.2 Å². The Morgan fingerprint density at radius 3 is 2.40 bits per heavy atom. The number of nitrogens with one attached hydrogen (secondary N) is 2. The lowest BCUT2D eigenvalue weighted by molar-refractivity contribution is -0.206. The fourth-order valence-electron chi connectivity index (χ4n) is 3.66. The zero-order chi connectivity index (χ0) is 22.3. The highest BCUT2D eigenvalue weighted by atomic mass is 19.4. The van der Waals surface area contributed by atoms with Gasteiger partial charge < -0.3 is 15.5 Å². The van der Waals surface area contributed by atoms with E-state index in [4.69, 9.17) is 0 Å². The highest BCUT2D eigenvalue weighted by Gasteiger charge is 2.50. The molecule has 3 amide bonds. The van der Waals surface area contributed by atoms with E-state index < -0.39 is 53.5 Å². The Morgan fingerprint density at radius 2 is 1.83 bits per heavy atom. The molecule has 1 saturated carbocycles. The molecule has 1 aliphatic carbocycles. The molecule has 0 radical (unpaired) electrons. The molecule has 12 heteroatoms. The van der Waals surface area contributed by atoms with Crippen molar-refractivity contribution in [2.75, 3.05) is 19.6 Å². The highest BCUT2D eigenvalue weighted by molar-refractivity contribution is 5.85. The SMILES string of the molecule is O=C1CN(C(=O)N[C@H](c2ccc(F)c(C(F)(F)F)c2)[C@H]2C[C@H](C(F)(F)F)C2)CCN1. The largest absolute Gasteiger partial charge is 0.419 e. The minimum atomic E-state index is -5.01. The monoisotopic (exact) mass is 441 g/mol. The number of halogens is 7. The Kier molecular flexibility index (Phi) is 5.87. The molecule has 3 rings (SSSR count). The van der Waals surface area contributed by atoms with Gasteiger partial charge in [-0.05, 0) is 36.5 Å². The summed E-state index contributed by atoms with van der Waals surface area (Å²) in [4.78, 5) is 25.1. The van der Waals surface area contributed by atoms with Crippen LogP contribution in [0.4, 0.5) is 35.5 Å². The molecule has 1 aromatic rings. The lowest BCUT2D eigenvalue weighted by atomic mass is 9.69. The van der Waals surface area contributed by atoms with Crippen LogP contribution in [-0.4, -0.2) is 42.6 Å². The van der Waals surface area contributed by atoms with Crippen LogP contribution >= 0.6 is 0 Å². The first-order valence-electron chi connectivity index (χ1n) is 9.11. The van der Waals surface area contributed by atoms with Crippen molar-refractivity contribution >= 4 is 11.9 Å². The van der Waals surface area contributed by atoms with Crippen molar-refractivity contribution in [2.45, 2.75) is 31.2 Å². The normalized spacial score (nSPS) is 23.4. The summed E-state index contributed by atoms with van der Waals surface area (Å²) in [6.07, 6.45) is -10.2. The number of nitrogens with zero attached hydrogens (tertiary/aromatic N) is 1. The summed E-state index contributed by atoms with van der Waals surface area (Å²) in [5.41, 5.74) is -1.72. The van der Waals surface area contributed by atoms with E-state index in [0.29, 0.717) is 12.1 Å². The van der Waals surface area contributed by atoms with E-state index in [2.05, 4.69) is 10.6 Å². The maximum Gasteiger partial charge on any atom is 0.419 e.